The molecular formula is C11H17F3N2O. The summed E-state index contributed by atoms with van der Waals surface area (Å²) in [4.78, 5) is 0. The van der Waals surface area contributed by atoms with Gasteiger partial charge in [-0.15, -0.1) is 0 Å². The molecule has 1 aromatic rings. The highest BCUT2D eigenvalue weighted by molar-refractivity contribution is 4.97. The van der Waals surface area contributed by atoms with E-state index in [1.54, 1.807) is 12.3 Å². The molecule has 0 aliphatic rings. The van der Waals surface area contributed by atoms with Crippen molar-refractivity contribution in [3.8, 4) is 0 Å². The number of nitrogens with zero attached hydrogens (tertiary/aromatic N) is 2. The van der Waals surface area contributed by atoms with Crippen LogP contribution in [-0.2, 0) is 17.9 Å². The number of ether oxygens (including phenoxy) is 1. The van der Waals surface area contributed by atoms with Crippen LogP contribution in [0.1, 0.15) is 32.4 Å². The van der Waals surface area contributed by atoms with Crippen LogP contribution in [0.3, 0.4) is 0 Å². The topological polar surface area (TPSA) is 27.1 Å². The van der Waals surface area contributed by atoms with Gasteiger partial charge < -0.3 is 4.74 Å². The molecule has 0 saturated heterocycles. The quantitative estimate of drug-likeness (QED) is 0.775. The van der Waals surface area contributed by atoms with Crippen molar-refractivity contribution in [2.24, 2.45) is 0 Å². The third-order valence-corrected chi connectivity index (χ3v) is 2.41. The lowest BCUT2D eigenvalue weighted by atomic mass is 10.3. The molecule has 0 bridgehead atoms. The fourth-order valence-electron chi connectivity index (χ4n) is 1.19. The third kappa shape index (κ3) is 5.72. The fraction of sp³-hybridized carbons (Fsp3) is 0.727. The molecule has 3 nitrogen and oxygen atoms in total. The zero-order chi connectivity index (χ0) is 12.9. The van der Waals surface area contributed by atoms with E-state index in [1.807, 2.05) is 13.8 Å². The summed E-state index contributed by atoms with van der Waals surface area (Å²) in [6, 6.07) is 1.68. The van der Waals surface area contributed by atoms with Gasteiger partial charge in [-0.05, 0) is 19.4 Å². The summed E-state index contributed by atoms with van der Waals surface area (Å²) >= 11 is 0. The normalized spacial score (nSPS) is 13.9. The minimum atomic E-state index is -4.14. The Balaban J connectivity index is 2.37. The number of alkyl halides is 3. The van der Waals surface area contributed by atoms with Crippen molar-refractivity contribution in [1.29, 1.82) is 0 Å². The number of hydrogen-bond acceptors (Lipinski definition) is 2. The van der Waals surface area contributed by atoms with Gasteiger partial charge >= 0.3 is 6.18 Å². The Morgan fingerprint density at radius 2 is 2.18 bits per heavy atom. The van der Waals surface area contributed by atoms with Crippen molar-refractivity contribution in [2.75, 3.05) is 0 Å². The van der Waals surface area contributed by atoms with E-state index < -0.39 is 12.6 Å². The third-order valence-electron chi connectivity index (χ3n) is 2.41. The Hall–Kier alpha value is -1.04. The summed E-state index contributed by atoms with van der Waals surface area (Å²) in [6.45, 7) is 4.15. The molecule has 0 amide bonds. The summed E-state index contributed by atoms with van der Waals surface area (Å²) < 4.78 is 42.7. The molecule has 17 heavy (non-hydrogen) atoms. The highest BCUT2D eigenvalue weighted by atomic mass is 19.4. The van der Waals surface area contributed by atoms with Crippen molar-refractivity contribution in [3.05, 3.63) is 18.0 Å². The predicted octanol–water partition coefficient (Wildman–Crippen LogP) is 3.15. The van der Waals surface area contributed by atoms with Gasteiger partial charge in [0.1, 0.15) is 0 Å². The molecule has 0 aliphatic heterocycles. The summed E-state index contributed by atoms with van der Waals surface area (Å²) in [5.74, 6) is 0. The number of halogens is 3. The second-order valence-corrected chi connectivity index (χ2v) is 3.97. The first-order valence-corrected chi connectivity index (χ1v) is 5.61. The van der Waals surface area contributed by atoms with Gasteiger partial charge in [0.05, 0.1) is 24.8 Å². The van der Waals surface area contributed by atoms with Gasteiger partial charge in [-0.25, -0.2) is 0 Å². The lowest BCUT2D eigenvalue weighted by Gasteiger charge is -2.08. The molecule has 6 heteroatoms. The maximum atomic E-state index is 12.0. The average Bonchev–Trinajstić information content (AvgIpc) is 2.70. The molecular weight excluding hydrogens is 233 g/mol. The first-order valence-electron chi connectivity index (χ1n) is 5.61. The summed E-state index contributed by atoms with van der Waals surface area (Å²) in [5.41, 5.74) is 0.660. The zero-order valence-electron chi connectivity index (χ0n) is 10.00. The highest BCUT2D eigenvalue weighted by Crippen LogP contribution is 2.20. The van der Waals surface area contributed by atoms with Gasteiger partial charge in [0.2, 0.25) is 0 Å². The van der Waals surface area contributed by atoms with Gasteiger partial charge in [-0.2, -0.15) is 18.3 Å². The van der Waals surface area contributed by atoms with Crippen LogP contribution in [0.2, 0.25) is 0 Å². The van der Waals surface area contributed by atoms with Crippen molar-refractivity contribution < 1.29 is 17.9 Å². The van der Waals surface area contributed by atoms with Gasteiger partial charge in [0, 0.05) is 12.7 Å². The van der Waals surface area contributed by atoms with E-state index in [2.05, 4.69) is 5.10 Å². The molecule has 0 radical (unpaired) electrons. The maximum Gasteiger partial charge on any atom is 0.390 e. The van der Waals surface area contributed by atoms with E-state index in [0.717, 1.165) is 6.42 Å². The molecule has 0 spiro atoms. The SMILES string of the molecule is CC[C@H](C)OCc1ccn(CCC(F)(F)F)n1. The highest BCUT2D eigenvalue weighted by Gasteiger charge is 2.26. The van der Waals surface area contributed by atoms with Gasteiger partial charge in [-0.3, -0.25) is 4.68 Å². The van der Waals surface area contributed by atoms with Crippen molar-refractivity contribution in [2.45, 2.75) is 52.1 Å². The second kappa shape index (κ2) is 6.05. The number of rotatable bonds is 6. The Bertz CT molecular complexity index is 336. The molecule has 0 aromatic carbocycles. The monoisotopic (exact) mass is 250 g/mol. The second-order valence-electron chi connectivity index (χ2n) is 3.97. The van der Waals surface area contributed by atoms with Crippen LogP contribution in [0.15, 0.2) is 12.3 Å². The van der Waals surface area contributed by atoms with Crippen LogP contribution >= 0.6 is 0 Å². The molecule has 0 fully saturated rings. The van der Waals surface area contributed by atoms with Gasteiger partial charge in [-0.1, -0.05) is 6.92 Å². The molecule has 0 aliphatic carbocycles. The van der Waals surface area contributed by atoms with Crippen LogP contribution in [0.4, 0.5) is 13.2 Å². The summed E-state index contributed by atoms with van der Waals surface area (Å²) in [5, 5.41) is 4.01. The first kappa shape index (κ1) is 14.0. The molecule has 0 N–H and O–H groups in total. The smallest absolute Gasteiger partial charge is 0.372 e. The summed E-state index contributed by atoms with van der Waals surface area (Å²) in [6.07, 6.45) is -2.43. The molecule has 1 atom stereocenters. The molecule has 1 rings (SSSR count). The van der Waals surface area contributed by atoms with E-state index in [0.29, 0.717) is 12.3 Å². The standard InChI is InChI=1S/C11H17F3N2O/c1-3-9(2)17-8-10-4-6-16(15-10)7-5-11(12,13)14/h4,6,9H,3,5,7-8H2,1-2H3/t9-/m0/s1. The summed E-state index contributed by atoms with van der Waals surface area (Å²) in [7, 11) is 0. The Morgan fingerprint density at radius 3 is 2.76 bits per heavy atom. The zero-order valence-corrected chi connectivity index (χ0v) is 10.00. The van der Waals surface area contributed by atoms with Crippen LogP contribution < -0.4 is 0 Å². The molecule has 0 unspecified atom stereocenters. The molecule has 98 valence electrons. The van der Waals surface area contributed by atoms with Gasteiger partial charge in [0.15, 0.2) is 0 Å². The average molecular weight is 250 g/mol. The first-order chi connectivity index (χ1) is 7.90. The number of aromatic nitrogens is 2. The largest absolute Gasteiger partial charge is 0.390 e. The van der Waals surface area contributed by atoms with E-state index in [1.165, 1.54) is 4.68 Å². The number of hydrogen-bond donors (Lipinski definition) is 0. The van der Waals surface area contributed by atoms with Crippen LogP contribution in [0, 0.1) is 0 Å². The Labute approximate surface area is 98.6 Å². The maximum absolute atomic E-state index is 12.0. The predicted molar refractivity (Wildman–Crippen MR) is 57.4 cm³/mol. The minimum absolute atomic E-state index is 0.135. The molecule has 1 heterocycles. The van der Waals surface area contributed by atoms with Gasteiger partial charge in [0.25, 0.3) is 0 Å². The van der Waals surface area contributed by atoms with E-state index >= 15 is 0 Å². The molecule has 0 saturated carbocycles. The van der Waals surface area contributed by atoms with Crippen LogP contribution in [0.25, 0.3) is 0 Å². The Morgan fingerprint density at radius 1 is 1.47 bits per heavy atom. The van der Waals surface area contributed by atoms with Crippen LogP contribution in [-0.4, -0.2) is 22.1 Å². The minimum Gasteiger partial charge on any atom is -0.372 e. The van der Waals surface area contributed by atoms with Crippen molar-refractivity contribution in [1.82, 2.24) is 9.78 Å². The Kier molecular flexibility index (Phi) is 4.99. The van der Waals surface area contributed by atoms with E-state index in [9.17, 15) is 13.2 Å². The lowest BCUT2D eigenvalue weighted by molar-refractivity contribution is -0.137. The molecule has 1 aromatic heterocycles. The number of aryl methyl sites for hydroxylation is 1. The van der Waals surface area contributed by atoms with Crippen molar-refractivity contribution >= 4 is 0 Å². The van der Waals surface area contributed by atoms with E-state index in [-0.39, 0.29) is 12.6 Å². The van der Waals surface area contributed by atoms with Crippen molar-refractivity contribution in [3.63, 3.8) is 0 Å². The fourth-order valence-corrected chi connectivity index (χ4v) is 1.19. The van der Waals surface area contributed by atoms with E-state index in [4.69, 9.17) is 4.74 Å². The lowest BCUT2D eigenvalue weighted by Crippen LogP contribution is -2.13. The van der Waals surface area contributed by atoms with Crippen LogP contribution in [0.5, 0.6) is 0 Å².